The molecule has 0 amide bonds. The lowest BCUT2D eigenvalue weighted by atomic mass is 10.1. The predicted octanol–water partition coefficient (Wildman–Crippen LogP) is 7.89. The monoisotopic (exact) mass is 938 g/mol. The minimum absolute atomic E-state index is 0.196. The van der Waals surface area contributed by atoms with Crippen LogP contribution < -0.4 is 31.6 Å². The van der Waals surface area contributed by atoms with E-state index in [2.05, 4.69) is 81.9 Å². The van der Waals surface area contributed by atoms with Gasteiger partial charge in [-0.1, -0.05) is 42.0 Å². The standard InChI is InChI=1S/C19H19ClN6O3.C18H19N7O.C8H8F3N/c1-11-16(18-21-6-7-29-18)24-19(26-17(11)23-15(9-20)25-26)22-10-12-4-5-13(27-2)8-14(12)28-3;1-11-3-5-13(6-4-11)9-20-10-14-22-16-12(2)15(17-21-7-8-26-17)23-18(19)25(16)24-14;9-8(10,11)7-3-1-6(5-12)2-4-7/h4-8H,9-10H2,1-3H3,(H,22,24);3-8,20H,9-10H2,1-2H3,(H2,19,23);1-4H,5,12H2. The highest BCUT2D eigenvalue weighted by Gasteiger charge is 2.30. The maximum atomic E-state index is 12.0. The highest BCUT2D eigenvalue weighted by Crippen LogP contribution is 2.30. The predicted molar refractivity (Wildman–Crippen MR) is 244 cm³/mol. The largest absolute Gasteiger partial charge is 0.497 e. The van der Waals surface area contributed by atoms with E-state index >= 15 is 0 Å². The second-order valence-corrected chi connectivity index (χ2v) is 15.0. The molecule has 0 aliphatic carbocycles. The molecule has 0 saturated carbocycles. The number of rotatable bonds is 13. The molecule has 9 rings (SSSR count). The Morgan fingerprint density at radius 3 is 1.91 bits per heavy atom. The molecular formula is C45H46ClF3N14O4. The van der Waals surface area contributed by atoms with Crippen LogP contribution in [0.3, 0.4) is 0 Å². The van der Waals surface area contributed by atoms with Gasteiger partial charge in [-0.2, -0.15) is 22.2 Å². The average molecular weight is 939 g/mol. The third kappa shape index (κ3) is 11.3. The van der Waals surface area contributed by atoms with Crippen molar-refractivity contribution in [1.29, 1.82) is 0 Å². The molecule has 0 aliphatic rings. The van der Waals surface area contributed by atoms with E-state index in [4.69, 9.17) is 41.4 Å². The van der Waals surface area contributed by atoms with Gasteiger partial charge in [0.15, 0.2) is 22.9 Å². The minimum Gasteiger partial charge on any atom is -0.497 e. The highest BCUT2D eigenvalue weighted by atomic mass is 35.5. The summed E-state index contributed by atoms with van der Waals surface area (Å²) in [5, 5.41) is 15.5. The molecule has 0 fully saturated rings. The zero-order valence-electron chi connectivity index (χ0n) is 37.0. The summed E-state index contributed by atoms with van der Waals surface area (Å²) in [7, 11) is 3.23. The lowest BCUT2D eigenvalue weighted by Gasteiger charge is -2.13. The number of ether oxygens (including phenoxy) is 2. The van der Waals surface area contributed by atoms with Crippen LogP contribution in [0.5, 0.6) is 11.5 Å². The summed E-state index contributed by atoms with van der Waals surface area (Å²) in [5.41, 5.74) is 18.8. The van der Waals surface area contributed by atoms with Crippen LogP contribution in [-0.4, -0.2) is 63.4 Å². The molecular weight excluding hydrogens is 893 g/mol. The van der Waals surface area contributed by atoms with E-state index in [1.807, 2.05) is 32.0 Å². The van der Waals surface area contributed by atoms with E-state index in [1.165, 1.54) is 35.8 Å². The molecule has 0 bridgehead atoms. The molecule has 9 aromatic rings. The van der Waals surface area contributed by atoms with Crippen molar-refractivity contribution in [3.05, 3.63) is 142 Å². The molecule has 0 saturated heterocycles. The summed E-state index contributed by atoms with van der Waals surface area (Å²) in [6.07, 6.45) is 1.89. The smallest absolute Gasteiger partial charge is 0.416 e. The SMILES string of the molecule is COc1ccc(CNc2nc(-c3ncco3)c(C)c3nc(CCl)nn23)c(OC)c1.Cc1ccc(CNCc2nc3c(C)c(-c4ncco4)nc(N)n3n2)cc1.NCc1ccc(C(F)(F)F)cc1. The average Bonchev–Trinajstić information content (AvgIpc) is 4.19. The van der Waals surface area contributed by atoms with Crippen LogP contribution in [0.4, 0.5) is 25.1 Å². The van der Waals surface area contributed by atoms with Crippen molar-refractivity contribution >= 4 is 34.8 Å². The Morgan fingerprint density at radius 2 is 1.33 bits per heavy atom. The Labute approximate surface area is 386 Å². The highest BCUT2D eigenvalue weighted by molar-refractivity contribution is 6.16. The maximum absolute atomic E-state index is 12.0. The van der Waals surface area contributed by atoms with Crippen LogP contribution in [-0.2, 0) is 38.2 Å². The van der Waals surface area contributed by atoms with E-state index in [9.17, 15) is 13.2 Å². The van der Waals surface area contributed by atoms with Gasteiger partial charge in [0.05, 0.1) is 44.6 Å². The summed E-state index contributed by atoms with van der Waals surface area (Å²) in [6, 6.07) is 18.8. The van der Waals surface area contributed by atoms with Gasteiger partial charge in [-0.05, 0) is 56.2 Å². The molecule has 0 radical (unpaired) electrons. The Kier molecular flexibility index (Phi) is 14.9. The number of fused-ring (bicyclic) bond motifs is 2. The molecule has 6 N–H and O–H groups in total. The quantitative estimate of drug-likeness (QED) is 0.0805. The Morgan fingerprint density at radius 1 is 0.716 bits per heavy atom. The van der Waals surface area contributed by atoms with E-state index in [0.717, 1.165) is 41.1 Å². The van der Waals surface area contributed by atoms with E-state index in [1.54, 1.807) is 35.6 Å². The van der Waals surface area contributed by atoms with Gasteiger partial charge in [-0.15, -0.1) is 21.8 Å². The van der Waals surface area contributed by atoms with Gasteiger partial charge < -0.3 is 40.4 Å². The number of alkyl halides is 4. The van der Waals surface area contributed by atoms with Crippen LogP contribution >= 0.6 is 11.6 Å². The van der Waals surface area contributed by atoms with Crippen LogP contribution in [0.1, 0.15) is 50.6 Å². The van der Waals surface area contributed by atoms with Crippen LogP contribution in [0.25, 0.3) is 34.5 Å². The number of nitrogens with two attached hydrogens (primary N) is 2. The van der Waals surface area contributed by atoms with Crippen molar-refractivity contribution in [3.63, 3.8) is 0 Å². The van der Waals surface area contributed by atoms with Crippen molar-refractivity contribution in [3.8, 4) is 34.7 Å². The number of methoxy groups -OCH3 is 2. The fourth-order valence-corrected chi connectivity index (χ4v) is 6.68. The van der Waals surface area contributed by atoms with Gasteiger partial charge in [-0.3, -0.25) is 0 Å². The number of nitrogens with zero attached hydrogens (tertiary/aromatic N) is 10. The lowest BCUT2D eigenvalue weighted by Crippen LogP contribution is -2.14. The molecule has 0 unspecified atom stereocenters. The minimum atomic E-state index is -4.26. The lowest BCUT2D eigenvalue weighted by molar-refractivity contribution is -0.137. The molecule has 0 spiro atoms. The van der Waals surface area contributed by atoms with Crippen LogP contribution in [0.2, 0.25) is 0 Å². The number of anilines is 2. The fourth-order valence-electron chi connectivity index (χ4n) is 6.57. The second kappa shape index (κ2) is 21.1. The molecule has 0 aliphatic heterocycles. The zero-order valence-corrected chi connectivity index (χ0v) is 37.7. The van der Waals surface area contributed by atoms with Crippen molar-refractivity contribution in [2.75, 3.05) is 25.3 Å². The van der Waals surface area contributed by atoms with Gasteiger partial charge >= 0.3 is 6.18 Å². The zero-order chi connectivity index (χ0) is 47.7. The maximum Gasteiger partial charge on any atom is 0.416 e. The first kappa shape index (κ1) is 47.3. The summed E-state index contributed by atoms with van der Waals surface area (Å²) < 4.78 is 60.7. The third-order valence-electron chi connectivity index (χ3n) is 10.1. The number of hydrogen-bond donors (Lipinski definition) is 4. The number of hydrogen-bond acceptors (Lipinski definition) is 16. The number of aryl methyl sites for hydroxylation is 3. The van der Waals surface area contributed by atoms with Gasteiger partial charge in [0, 0.05) is 42.4 Å². The second-order valence-electron chi connectivity index (χ2n) is 14.7. The van der Waals surface area contributed by atoms with Crippen molar-refractivity contribution in [2.24, 2.45) is 5.73 Å². The normalized spacial score (nSPS) is 11.3. The Balaban J connectivity index is 0.000000161. The van der Waals surface area contributed by atoms with Crippen molar-refractivity contribution in [2.45, 2.75) is 59.0 Å². The van der Waals surface area contributed by atoms with Crippen LogP contribution in [0.15, 0.2) is 100 Å². The van der Waals surface area contributed by atoms with E-state index in [0.29, 0.717) is 76.5 Å². The van der Waals surface area contributed by atoms with E-state index < -0.39 is 11.7 Å². The number of nitrogen functional groups attached to an aromatic ring is 1. The first-order chi connectivity index (χ1) is 32.3. The molecule has 348 valence electrons. The van der Waals surface area contributed by atoms with Crippen molar-refractivity contribution in [1.82, 2.24) is 54.4 Å². The van der Waals surface area contributed by atoms with E-state index in [-0.39, 0.29) is 18.4 Å². The third-order valence-corrected chi connectivity index (χ3v) is 10.4. The van der Waals surface area contributed by atoms with Crippen LogP contribution in [0, 0.1) is 20.8 Å². The number of halogens is 4. The Bertz CT molecular complexity index is 3030. The number of aromatic nitrogens is 10. The van der Waals surface area contributed by atoms with Crippen molar-refractivity contribution < 1.29 is 31.5 Å². The molecule has 22 heteroatoms. The summed E-state index contributed by atoms with van der Waals surface area (Å²) >= 11 is 5.95. The van der Waals surface area contributed by atoms with Gasteiger partial charge in [0.25, 0.3) is 0 Å². The summed E-state index contributed by atoms with van der Waals surface area (Å²) in [4.78, 5) is 26.5. The van der Waals surface area contributed by atoms with Gasteiger partial charge in [0.2, 0.25) is 23.7 Å². The fraction of sp³-hybridized carbons (Fsp3) is 0.244. The topological polar surface area (TPSA) is 233 Å². The summed E-state index contributed by atoms with van der Waals surface area (Å²) in [5.74, 6) is 4.33. The summed E-state index contributed by atoms with van der Waals surface area (Å²) in [6.45, 7) is 7.85. The number of nitrogens with one attached hydrogen (secondary N) is 2. The van der Waals surface area contributed by atoms with Gasteiger partial charge in [-0.25, -0.2) is 29.9 Å². The molecule has 67 heavy (non-hydrogen) atoms. The first-order valence-corrected chi connectivity index (χ1v) is 21.0. The molecule has 3 aromatic carbocycles. The molecule has 6 heterocycles. The molecule has 6 aromatic heterocycles. The van der Waals surface area contributed by atoms with Gasteiger partial charge in [0.1, 0.15) is 35.4 Å². The molecule has 0 atom stereocenters. The first-order valence-electron chi connectivity index (χ1n) is 20.5. The Hall–Kier alpha value is -7.62. The number of oxazole rings is 2. The molecule has 18 nitrogen and oxygen atoms in total. The number of benzene rings is 3.